The second-order valence-corrected chi connectivity index (χ2v) is 5.72. The first-order valence-corrected chi connectivity index (χ1v) is 7.09. The molecule has 2 N–H and O–H groups in total. The molecule has 0 amide bonds. The maximum absolute atomic E-state index is 11.6. The first kappa shape index (κ1) is 13.6. The van der Waals surface area contributed by atoms with Gasteiger partial charge in [-0.1, -0.05) is 30.0 Å². The van der Waals surface area contributed by atoms with Gasteiger partial charge in [-0.05, 0) is 30.7 Å². The fraction of sp³-hybridized carbons (Fsp3) is 0.0625. The number of phenolic OH excluding ortho intramolecular Hbond substituents is 2. The molecule has 0 fully saturated rings. The van der Waals surface area contributed by atoms with E-state index in [1.807, 2.05) is 19.1 Å². The maximum Gasteiger partial charge on any atom is 0.337 e. The molecule has 106 valence electrons. The molecule has 3 rings (SSSR count). The van der Waals surface area contributed by atoms with E-state index in [-0.39, 0.29) is 11.5 Å². The van der Waals surface area contributed by atoms with Gasteiger partial charge in [0.2, 0.25) is 0 Å². The van der Waals surface area contributed by atoms with Crippen LogP contribution in [0.5, 0.6) is 11.5 Å². The van der Waals surface area contributed by atoms with E-state index >= 15 is 0 Å². The Hall–Kier alpha value is -2.40. The number of aromatic hydroxyl groups is 2. The normalized spacial score (nSPS) is 10.9. The van der Waals surface area contributed by atoms with Gasteiger partial charge in [-0.3, -0.25) is 0 Å². The van der Waals surface area contributed by atoms with Crippen molar-refractivity contribution in [1.29, 1.82) is 0 Å². The molecule has 0 radical (unpaired) electrons. The molecule has 4 nitrogen and oxygen atoms in total. The summed E-state index contributed by atoms with van der Waals surface area (Å²) in [6, 6.07) is 11.7. The van der Waals surface area contributed by atoms with Crippen LogP contribution >= 0.6 is 11.8 Å². The summed E-state index contributed by atoms with van der Waals surface area (Å²) in [5, 5.41) is 19.9. The quantitative estimate of drug-likeness (QED) is 0.558. The average molecular weight is 300 g/mol. The Balaban J connectivity index is 2.14. The average Bonchev–Trinajstić information content (AvgIpc) is 2.44. The third kappa shape index (κ3) is 2.60. The number of fused-ring (bicyclic) bond motifs is 1. The molecule has 0 saturated carbocycles. The van der Waals surface area contributed by atoms with Gasteiger partial charge in [0.15, 0.2) is 11.5 Å². The second kappa shape index (κ2) is 5.18. The van der Waals surface area contributed by atoms with E-state index in [1.54, 1.807) is 12.1 Å². The number of phenols is 2. The van der Waals surface area contributed by atoms with Gasteiger partial charge in [0.05, 0.1) is 0 Å². The van der Waals surface area contributed by atoms with E-state index in [9.17, 15) is 15.0 Å². The fourth-order valence-corrected chi connectivity index (χ4v) is 3.12. The van der Waals surface area contributed by atoms with Crippen LogP contribution in [0.15, 0.2) is 61.5 Å². The van der Waals surface area contributed by atoms with E-state index in [4.69, 9.17) is 4.42 Å². The molecule has 3 aromatic rings. The molecule has 1 aromatic heterocycles. The third-order valence-corrected chi connectivity index (χ3v) is 4.32. The molecule has 0 aliphatic heterocycles. The summed E-state index contributed by atoms with van der Waals surface area (Å²) in [4.78, 5) is 13.1. The van der Waals surface area contributed by atoms with Gasteiger partial charge >= 0.3 is 5.63 Å². The Bertz CT molecular complexity index is 883. The summed E-state index contributed by atoms with van der Waals surface area (Å²) < 4.78 is 5.15. The highest BCUT2D eigenvalue weighted by Crippen LogP contribution is 2.38. The van der Waals surface area contributed by atoms with Crippen molar-refractivity contribution in [3.8, 4) is 11.5 Å². The zero-order valence-corrected chi connectivity index (χ0v) is 12.0. The number of para-hydroxylation sites is 1. The first-order valence-electron chi connectivity index (χ1n) is 6.28. The van der Waals surface area contributed by atoms with E-state index in [0.717, 1.165) is 20.7 Å². The zero-order valence-electron chi connectivity index (χ0n) is 11.2. The topological polar surface area (TPSA) is 70.7 Å². The van der Waals surface area contributed by atoms with E-state index in [1.165, 1.54) is 30.0 Å². The van der Waals surface area contributed by atoms with E-state index < -0.39 is 5.63 Å². The zero-order chi connectivity index (χ0) is 15.0. The van der Waals surface area contributed by atoms with Crippen molar-refractivity contribution in [2.45, 2.75) is 16.7 Å². The molecule has 0 unspecified atom stereocenters. The van der Waals surface area contributed by atoms with Crippen molar-refractivity contribution in [3.63, 3.8) is 0 Å². The van der Waals surface area contributed by atoms with Gasteiger partial charge in [0, 0.05) is 21.2 Å². The lowest BCUT2D eigenvalue weighted by atomic mass is 10.2. The Labute approximate surface area is 124 Å². The van der Waals surface area contributed by atoms with E-state index in [0.29, 0.717) is 5.58 Å². The highest BCUT2D eigenvalue weighted by molar-refractivity contribution is 7.99. The Morgan fingerprint density at radius 2 is 1.71 bits per heavy atom. The lowest BCUT2D eigenvalue weighted by Crippen LogP contribution is -1.97. The molecule has 0 bridgehead atoms. The number of benzene rings is 2. The van der Waals surface area contributed by atoms with Gasteiger partial charge in [-0.25, -0.2) is 4.79 Å². The first-order chi connectivity index (χ1) is 10.0. The molecule has 0 atom stereocenters. The molecule has 5 heteroatoms. The van der Waals surface area contributed by atoms with Crippen LogP contribution in [0, 0.1) is 6.92 Å². The van der Waals surface area contributed by atoms with E-state index in [2.05, 4.69) is 0 Å². The molecule has 21 heavy (non-hydrogen) atoms. The van der Waals surface area contributed by atoms with Crippen LogP contribution in [0.4, 0.5) is 0 Å². The van der Waals surface area contributed by atoms with Gasteiger partial charge in [0.25, 0.3) is 0 Å². The largest absolute Gasteiger partial charge is 0.504 e. The molecule has 0 aliphatic carbocycles. The predicted octanol–water partition coefficient (Wildman–Crippen LogP) is 3.66. The smallest absolute Gasteiger partial charge is 0.337 e. The molecule has 2 aromatic carbocycles. The van der Waals surface area contributed by atoms with Gasteiger partial charge < -0.3 is 14.6 Å². The van der Waals surface area contributed by atoms with Crippen LogP contribution < -0.4 is 5.63 Å². The highest BCUT2D eigenvalue weighted by Gasteiger charge is 2.11. The Kier molecular flexibility index (Phi) is 3.35. The predicted molar refractivity (Wildman–Crippen MR) is 81.1 cm³/mol. The fourth-order valence-electron chi connectivity index (χ4n) is 2.06. The van der Waals surface area contributed by atoms with Crippen LogP contribution in [-0.2, 0) is 0 Å². The van der Waals surface area contributed by atoms with Crippen molar-refractivity contribution in [2.24, 2.45) is 0 Å². The monoisotopic (exact) mass is 300 g/mol. The summed E-state index contributed by atoms with van der Waals surface area (Å²) in [6.07, 6.45) is 0. The Morgan fingerprint density at radius 1 is 1.00 bits per heavy atom. The van der Waals surface area contributed by atoms with Crippen LogP contribution in [0.1, 0.15) is 5.56 Å². The summed E-state index contributed by atoms with van der Waals surface area (Å²) in [6.45, 7) is 1.83. The summed E-state index contributed by atoms with van der Waals surface area (Å²) >= 11 is 1.35. The van der Waals surface area contributed by atoms with Crippen molar-refractivity contribution in [2.75, 3.05) is 0 Å². The maximum atomic E-state index is 11.6. The van der Waals surface area contributed by atoms with Crippen LogP contribution in [-0.4, -0.2) is 10.2 Å². The van der Waals surface area contributed by atoms with Gasteiger partial charge in [0.1, 0.15) is 5.58 Å². The number of hydrogen-bond acceptors (Lipinski definition) is 5. The molecule has 0 spiro atoms. The standard InChI is InChI=1S/C16H12O4S/c1-9-6-11(17)12(18)7-14(9)21-15-8-16(19)20-13-5-3-2-4-10(13)15/h2-8,17-18H,1H3. The second-order valence-electron chi connectivity index (χ2n) is 4.63. The highest BCUT2D eigenvalue weighted by atomic mass is 32.2. The molecule has 1 heterocycles. The van der Waals surface area contributed by atoms with Crippen molar-refractivity contribution in [3.05, 3.63) is 58.4 Å². The molecular weight excluding hydrogens is 288 g/mol. The summed E-state index contributed by atoms with van der Waals surface area (Å²) in [5.41, 5.74) is 0.914. The minimum atomic E-state index is -0.420. The molecule has 0 saturated heterocycles. The molecular formula is C16H12O4S. The molecule has 0 aliphatic rings. The van der Waals surface area contributed by atoms with Crippen LogP contribution in [0.3, 0.4) is 0 Å². The lowest BCUT2D eigenvalue weighted by Gasteiger charge is -2.09. The minimum absolute atomic E-state index is 0.158. The van der Waals surface area contributed by atoms with Crippen molar-refractivity contribution >= 4 is 22.7 Å². The minimum Gasteiger partial charge on any atom is -0.504 e. The van der Waals surface area contributed by atoms with Gasteiger partial charge in [-0.15, -0.1) is 0 Å². The summed E-state index contributed by atoms with van der Waals surface area (Å²) in [5.74, 6) is -0.343. The number of rotatable bonds is 2. The summed E-state index contributed by atoms with van der Waals surface area (Å²) in [7, 11) is 0. The number of aryl methyl sites for hydroxylation is 1. The van der Waals surface area contributed by atoms with Crippen LogP contribution in [0.25, 0.3) is 11.0 Å². The lowest BCUT2D eigenvalue weighted by molar-refractivity contribution is 0.402. The SMILES string of the molecule is Cc1cc(O)c(O)cc1Sc1cc(=O)oc2ccccc12. The van der Waals surface area contributed by atoms with Crippen molar-refractivity contribution < 1.29 is 14.6 Å². The van der Waals surface area contributed by atoms with Crippen LogP contribution in [0.2, 0.25) is 0 Å². The number of hydrogen-bond donors (Lipinski definition) is 2. The third-order valence-electron chi connectivity index (χ3n) is 3.10. The van der Waals surface area contributed by atoms with Crippen molar-refractivity contribution in [1.82, 2.24) is 0 Å². The van der Waals surface area contributed by atoms with Gasteiger partial charge in [-0.2, -0.15) is 0 Å². The Morgan fingerprint density at radius 3 is 2.52 bits per heavy atom.